The Morgan fingerprint density at radius 1 is 1.25 bits per heavy atom. The summed E-state index contributed by atoms with van der Waals surface area (Å²) in [6.45, 7) is 4.81. The highest BCUT2D eigenvalue weighted by molar-refractivity contribution is 5.92. The average Bonchev–Trinajstić information content (AvgIpc) is 3.24. The first-order chi connectivity index (χ1) is 13.2. The molecular formula is C19H27ClN6O2. The maximum absolute atomic E-state index is 12.8. The SMILES string of the molecule is COc1ccnc(N2CCN(C(=O)c3ccn(C4CCCNC4)n3)CC2)c1.Cl. The van der Waals surface area contributed by atoms with Crippen molar-refractivity contribution < 1.29 is 9.53 Å². The van der Waals surface area contributed by atoms with Crippen molar-refractivity contribution in [2.24, 2.45) is 0 Å². The van der Waals surface area contributed by atoms with Crippen molar-refractivity contribution in [2.75, 3.05) is 51.3 Å². The van der Waals surface area contributed by atoms with Crippen molar-refractivity contribution in [1.29, 1.82) is 0 Å². The first-order valence-corrected chi connectivity index (χ1v) is 9.55. The Balaban J connectivity index is 0.00000225. The summed E-state index contributed by atoms with van der Waals surface area (Å²) in [5, 5.41) is 7.94. The summed E-state index contributed by atoms with van der Waals surface area (Å²) in [6.07, 6.45) is 5.93. The topological polar surface area (TPSA) is 75.5 Å². The second-order valence-corrected chi connectivity index (χ2v) is 7.01. The molecule has 1 N–H and O–H groups in total. The maximum atomic E-state index is 12.8. The Kier molecular flexibility index (Phi) is 6.74. The van der Waals surface area contributed by atoms with Gasteiger partial charge in [-0.25, -0.2) is 4.98 Å². The second kappa shape index (κ2) is 9.25. The van der Waals surface area contributed by atoms with Crippen LogP contribution in [0.25, 0.3) is 0 Å². The van der Waals surface area contributed by atoms with E-state index in [1.807, 2.05) is 34.0 Å². The van der Waals surface area contributed by atoms with Crippen molar-refractivity contribution in [3.8, 4) is 5.75 Å². The van der Waals surface area contributed by atoms with E-state index in [0.29, 0.717) is 24.8 Å². The number of anilines is 1. The summed E-state index contributed by atoms with van der Waals surface area (Å²) >= 11 is 0. The van der Waals surface area contributed by atoms with Gasteiger partial charge in [0.25, 0.3) is 5.91 Å². The fourth-order valence-corrected chi connectivity index (χ4v) is 3.71. The highest BCUT2D eigenvalue weighted by Gasteiger charge is 2.25. The predicted molar refractivity (Wildman–Crippen MR) is 110 cm³/mol. The number of nitrogens with one attached hydrogen (secondary N) is 1. The Hall–Kier alpha value is -2.32. The lowest BCUT2D eigenvalue weighted by Gasteiger charge is -2.35. The van der Waals surface area contributed by atoms with Crippen LogP contribution in [0.2, 0.25) is 0 Å². The van der Waals surface area contributed by atoms with Gasteiger partial charge in [0.05, 0.1) is 13.2 Å². The van der Waals surface area contributed by atoms with Crippen LogP contribution in [0.5, 0.6) is 5.75 Å². The summed E-state index contributed by atoms with van der Waals surface area (Å²) in [6, 6.07) is 5.95. The molecule has 0 aliphatic carbocycles. The molecule has 1 atom stereocenters. The Labute approximate surface area is 171 Å². The fraction of sp³-hybridized carbons (Fsp3) is 0.526. The van der Waals surface area contributed by atoms with Gasteiger partial charge in [-0.05, 0) is 31.5 Å². The number of nitrogens with zero attached hydrogens (tertiary/aromatic N) is 5. The molecule has 2 aliphatic heterocycles. The molecule has 0 aromatic carbocycles. The third-order valence-electron chi connectivity index (χ3n) is 5.32. The summed E-state index contributed by atoms with van der Waals surface area (Å²) < 4.78 is 7.21. The van der Waals surface area contributed by atoms with E-state index in [-0.39, 0.29) is 18.3 Å². The molecule has 0 spiro atoms. The Bertz CT molecular complexity index is 784. The van der Waals surface area contributed by atoms with Crippen molar-refractivity contribution in [3.05, 3.63) is 36.3 Å². The molecule has 0 saturated carbocycles. The third-order valence-corrected chi connectivity index (χ3v) is 5.32. The minimum absolute atomic E-state index is 0. The molecule has 152 valence electrons. The average molecular weight is 407 g/mol. The van der Waals surface area contributed by atoms with E-state index in [1.165, 1.54) is 0 Å². The van der Waals surface area contributed by atoms with Crippen LogP contribution in [0.1, 0.15) is 29.4 Å². The quantitative estimate of drug-likeness (QED) is 0.831. The van der Waals surface area contributed by atoms with Crippen LogP contribution >= 0.6 is 12.4 Å². The summed E-state index contributed by atoms with van der Waals surface area (Å²) in [4.78, 5) is 21.3. The Morgan fingerprint density at radius 3 is 2.79 bits per heavy atom. The molecule has 1 unspecified atom stereocenters. The van der Waals surface area contributed by atoms with Crippen LogP contribution in [0.4, 0.5) is 5.82 Å². The van der Waals surface area contributed by atoms with E-state index >= 15 is 0 Å². The molecular weight excluding hydrogens is 380 g/mol. The molecule has 2 saturated heterocycles. The van der Waals surface area contributed by atoms with Crippen molar-refractivity contribution in [1.82, 2.24) is 25.0 Å². The molecule has 0 radical (unpaired) electrons. The van der Waals surface area contributed by atoms with Gasteiger partial charge in [0.2, 0.25) is 0 Å². The number of carbonyl (C=O) groups is 1. The number of aromatic nitrogens is 3. The zero-order valence-electron chi connectivity index (χ0n) is 16.1. The highest BCUT2D eigenvalue weighted by atomic mass is 35.5. The minimum Gasteiger partial charge on any atom is -0.497 e. The van der Waals surface area contributed by atoms with Gasteiger partial charge < -0.3 is 19.9 Å². The van der Waals surface area contributed by atoms with Gasteiger partial charge in [0.15, 0.2) is 0 Å². The van der Waals surface area contributed by atoms with E-state index < -0.39 is 0 Å². The smallest absolute Gasteiger partial charge is 0.274 e. The lowest BCUT2D eigenvalue weighted by Crippen LogP contribution is -2.49. The highest BCUT2D eigenvalue weighted by Crippen LogP contribution is 2.20. The molecule has 1 amide bonds. The van der Waals surface area contributed by atoms with Crippen molar-refractivity contribution >= 4 is 24.1 Å². The second-order valence-electron chi connectivity index (χ2n) is 7.01. The lowest BCUT2D eigenvalue weighted by molar-refractivity contribution is 0.0739. The monoisotopic (exact) mass is 406 g/mol. The summed E-state index contributed by atoms with van der Waals surface area (Å²) in [5.74, 6) is 1.69. The van der Waals surface area contributed by atoms with Crippen LogP contribution in [0.3, 0.4) is 0 Å². The number of methoxy groups -OCH3 is 1. The van der Waals surface area contributed by atoms with E-state index in [1.54, 1.807) is 13.3 Å². The van der Waals surface area contributed by atoms with Gasteiger partial charge in [-0.15, -0.1) is 12.4 Å². The van der Waals surface area contributed by atoms with Crippen molar-refractivity contribution in [3.63, 3.8) is 0 Å². The number of hydrogen-bond donors (Lipinski definition) is 1. The third kappa shape index (κ3) is 4.39. The molecule has 9 heteroatoms. The van der Waals surface area contributed by atoms with Crippen molar-refractivity contribution in [2.45, 2.75) is 18.9 Å². The van der Waals surface area contributed by atoms with Gasteiger partial charge in [0.1, 0.15) is 17.3 Å². The molecule has 4 rings (SSSR count). The first kappa shape index (κ1) is 20.4. The number of ether oxygens (including phenoxy) is 1. The van der Waals surface area contributed by atoms with Crippen LogP contribution in [-0.4, -0.2) is 71.9 Å². The molecule has 8 nitrogen and oxygen atoms in total. The van der Waals surface area contributed by atoms with Crippen LogP contribution in [-0.2, 0) is 0 Å². The Morgan fingerprint density at radius 2 is 2.07 bits per heavy atom. The standard InChI is InChI=1S/C19H26N6O2.ClH/c1-27-16-4-7-21-18(13-16)23-9-11-24(12-10-23)19(26)17-5-8-25(22-17)15-3-2-6-20-14-15;/h4-5,7-8,13,15,20H,2-3,6,9-12,14H2,1H3;1H. The van der Waals surface area contributed by atoms with Crippen LogP contribution in [0.15, 0.2) is 30.6 Å². The molecule has 2 fully saturated rings. The fourth-order valence-electron chi connectivity index (χ4n) is 3.71. The van der Waals surface area contributed by atoms with E-state index in [0.717, 1.165) is 50.6 Å². The van der Waals surface area contributed by atoms with Gasteiger partial charge in [-0.2, -0.15) is 5.10 Å². The van der Waals surface area contributed by atoms with E-state index in [4.69, 9.17) is 4.74 Å². The molecule has 28 heavy (non-hydrogen) atoms. The number of carbonyl (C=O) groups excluding carboxylic acids is 1. The summed E-state index contributed by atoms with van der Waals surface area (Å²) in [7, 11) is 1.65. The molecule has 4 heterocycles. The summed E-state index contributed by atoms with van der Waals surface area (Å²) in [5.41, 5.74) is 0.536. The van der Waals surface area contributed by atoms with Gasteiger partial charge in [-0.1, -0.05) is 0 Å². The number of hydrogen-bond acceptors (Lipinski definition) is 6. The van der Waals surface area contributed by atoms with Gasteiger partial charge in [-0.3, -0.25) is 9.48 Å². The zero-order valence-corrected chi connectivity index (χ0v) is 16.9. The number of amides is 1. The maximum Gasteiger partial charge on any atom is 0.274 e. The number of halogens is 1. The van der Waals surface area contributed by atoms with E-state index in [9.17, 15) is 4.79 Å². The minimum atomic E-state index is 0. The molecule has 0 bridgehead atoms. The molecule has 2 aromatic heterocycles. The van der Waals surface area contributed by atoms with Crippen LogP contribution in [0, 0.1) is 0 Å². The van der Waals surface area contributed by atoms with Crippen LogP contribution < -0.4 is 15.0 Å². The molecule has 2 aliphatic rings. The lowest BCUT2D eigenvalue weighted by atomic mass is 10.1. The number of pyridine rings is 1. The largest absolute Gasteiger partial charge is 0.497 e. The number of piperidine rings is 1. The predicted octanol–water partition coefficient (Wildman–Crippen LogP) is 1.60. The number of piperazine rings is 1. The molecule has 2 aromatic rings. The van der Waals surface area contributed by atoms with Gasteiger partial charge in [0, 0.05) is 51.2 Å². The number of rotatable bonds is 4. The first-order valence-electron chi connectivity index (χ1n) is 9.55. The zero-order chi connectivity index (χ0) is 18.6. The van der Waals surface area contributed by atoms with Gasteiger partial charge >= 0.3 is 0 Å². The van der Waals surface area contributed by atoms with E-state index in [2.05, 4.69) is 20.3 Å². The normalized spacial score (nSPS) is 19.8.